The number of hydrogen-bond acceptors (Lipinski definition) is 8. The van der Waals surface area contributed by atoms with Gasteiger partial charge in [-0.25, -0.2) is 21.2 Å². The molecule has 11 nitrogen and oxygen atoms in total. The number of sulfonamides is 2. The third kappa shape index (κ3) is 9.32. The smallest absolute Gasteiger partial charge is 0.261 e. The molecule has 0 bridgehead atoms. The predicted octanol–water partition coefficient (Wildman–Crippen LogP) is 4.74. The van der Waals surface area contributed by atoms with Gasteiger partial charge in [0.2, 0.25) is 10.0 Å². The molecule has 0 fully saturated rings. The molecule has 1 heterocycles. The molecule has 4 rings (SSSR count). The number of fused-ring (bicyclic) bond motifs is 1. The van der Waals surface area contributed by atoms with Gasteiger partial charge in [0.05, 0.1) is 40.2 Å². The second kappa shape index (κ2) is 16.2. The molecule has 48 heavy (non-hydrogen) atoms. The minimum Gasteiger partial charge on any atom is -0.490 e. The lowest BCUT2D eigenvalue weighted by atomic mass is 10.0. The van der Waals surface area contributed by atoms with E-state index in [4.69, 9.17) is 9.47 Å². The van der Waals surface area contributed by atoms with Crippen molar-refractivity contribution < 1.29 is 40.6 Å². The number of ether oxygens (including phenoxy) is 2. The molecule has 0 aliphatic carbocycles. The summed E-state index contributed by atoms with van der Waals surface area (Å²) in [6.07, 6.45) is 1.10. The maximum absolute atomic E-state index is 14.3. The van der Waals surface area contributed by atoms with Gasteiger partial charge in [-0.2, -0.15) is 4.31 Å². The van der Waals surface area contributed by atoms with E-state index in [1.54, 1.807) is 31.2 Å². The Labute approximate surface area is 282 Å². The van der Waals surface area contributed by atoms with Crippen molar-refractivity contribution in [1.29, 1.82) is 0 Å². The molecule has 3 aromatic rings. The average molecular weight is 706 g/mol. The minimum absolute atomic E-state index is 0.0437. The number of aliphatic hydroxyl groups excluding tert-OH is 1. The molecule has 0 spiro atoms. The summed E-state index contributed by atoms with van der Waals surface area (Å²) in [5, 5.41) is 10.2. The molecule has 0 aromatic heterocycles. The topological polar surface area (TPSA) is 143 Å². The van der Waals surface area contributed by atoms with Crippen LogP contribution in [0.2, 0.25) is 0 Å². The predicted molar refractivity (Wildman–Crippen MR) is 180 cm³/mol. The van der Waals surface area contributed by atoms with Crippen LogP contribution in [0.15, 0.2) is 82.6 Å². The van der Waals surface area contributed by atoms with Crippen molar-refractivity contribution >= 4 is 31.6 Å². The van der Waals surface area contributed by atoms with Crippen LogP contribution in [-0.2, 0) is 24.8 Å². The fourth-order valence-corrected chi connectivity index (χ4v) is 7.65. The van der Waals surface area contributed by atoms with Crippen LogP contribution in [0, 0.1) is 11.7 Å². The number of hydrogen-bond donors (Lipinski definition) is 2. The Kier molecular flexibility index (Phi) is 12.6. The lowest BCUT2D eigenvalue weighted by Gasteiger charge is -2.35. The van der Waals surface area contributed by atoms with E-state index in [2.05, 4.69) is 4.72 Å². The Balaban J connectivity index is 1.67. The van der Waals surface area contributed by atoms with Crippen molar-refractivity contribution in [3.05, 3.63) is 84.2 Å². The standard InChI is InChI=1S/C34H44FN3O8S2/c1-24-21-38(25(2)23-39)34(40)31-20-28(36-47(41,42)29-11-6-5-7-12-29)15-18-32(31)46-26(3)10-8-9-19-45-33(24)22-37(4)48(43,44)30-16-13-27(35)14-17-30/h5-7,11-18,20,24-26,33,36,39H,8-10,19,21-23H2,1-4H3/t24-,25+,26-,33-/m1/s1. The first-order valence-electron chi connectivity index (χ1n) is 15.9. The number of rotatable bonds is 9. The van der Waals surface area contributed by atoms with Crippen molar-refractivity contribution in [2.75, 3.05) is 38.1 Å². The minimum atomic E-state index is -3.98. The number of aliphatic hydroxyl groups is 1. The van der Waals surface area contributed by atoms with Crippen molar-refractivity contribution in [2.24, 2.45) is 5.92 Å². The van der Waals surface area contributed by atoms with E-state index in [0.29, 0.717) is 19.4 Å². The molecule has 14 heteroatoms. The van der Waals surface area contributed by atoms with E-state index in [0.717, 1.165) is 22.9 Å². The number of halogens is 1. The summed E-state index contributed by atoms with van der Waals surface area (Å²) in [5.74, 6) is -1.20. The third-order valence-electron chi connectivity index (χ3n) is 8.32. The number of likely N-dealkylation sites (N-methyl/N-ethyl adjacent to an activating group) is 1. The van der Waals surface area contributed by atoms with Crippen LogP contribution in [0.5, 0.6) is 5.75 Å². The quantitative estimate of drug-likeness (QED) is 0.325. The molecular weight excluding hydrogens is 662 g/mol. The van der Waals surface area contributed by atoms with Crippen LogP contribution >= 0.6 is 0 Å². The zero-order valence-corrected chi connectivity index (χ0v) is 29.2. The average Bonchev–Trinajstić information content (AvgIpc) is 3.06. The first kappa shape index (κ1) is 37.3. The molecular formula is C34H44FN3O8S2. The summed E-state index contributed by atoms with van der Waals surface area (Å²) < 4.78 is 82.5. The third-order valence-corrected chi connectivity index (χ3v) is 11.6. The van der Waals surface area contributed by atoms with E-state index >= 15 is 0 Å². The highest BCUT2D eigenvalue weighted by atomic mass is 32.2. The van der Waals surface area contributed by atoms with Crippen molar-refractivity contribution in [1.82, 2.24) is 9.21 Å². The summed E-state index contributed by atoms with van der Waals surface area (Å²) in [6.45, 7) is 5.40. The van der Waals surface area contributed by atoms with Crippen molar-refractivity contribution in [3.63, 3.8) is 0 Å². The van der Waals surface area contributed by atoms with Gasteiger partial charge >= 0.3 is 0 Å². The summed E-state index contributed by atoms with van der Waals surface area (Å²) >= 11 is 0. The maximum atomic E-state index is 14.3. The van der Waals surface area contributed by atoms with Gasteiger partial charge in [-0.3, -0.25) is 9.52 Å². The van der Waals surface area contributed by atoms with E-state index in [1.807, 2.05) is 13.8 Å². The van der Waals surface area contributed by atoms with Crippen LogP contribution in [0.3, 0.4) is 0 Å². The highest BCUT2D eigenvalue weighted by Crippen LogP contribution is 2.30. The van der Waals surface area contributed by atoms with Gasteiger partial charge in [-0.1, -0.05) is 25.1 Å². The number of benzene rings is 3. The zero-order valence-electron chi connectivity index (χ0n) is 27.6. The summed E-state index contributed by atoms with van der Waals surface area (Å²) in [4.78, 5) is 15.8. The molecule has 262 valence electrons. The van der Waals surface area contributed by atoms with Gasteiger partial charge in [0.15, 0.2) is 0 Å². The Morgan fingerprint density at radius 1 is 1.00 bits per heavy atom. The van der Waals surface area contributed by atoms with Gasteiger partial charge in [0.25, 0.3) is 15.9 Å². The zero-order chi connectivity index (χ0) is 35.1. The Hall–Kier alpha value is -3.56. The number of nitrogens with zero attached hydrogens (tertiary/aromatic N) is 2. The number of nitrogens with one attached hydrogen (secondary N) is 1. The van der Waals surface area contributed by atoms with E-state index in [-0.39, 0.29) is 52.6 Å². The monoisotopic (exact) mass is 705 g/mol. The normalized spacial score (nSPS) is 20.8. The van der Waals surface area contributed by atoms with E-state index in [9.17, 15) is 31.1 Å². The Morgan fingerprint density at radius 3 is 2.35 bits per heavy atom. The molecule has 2 N–H and O–H groups in total. The van der Waals surface area contributed by atoms with Gasteiger partial charge < -0.3 is 19.5 Å². The maximum Gasteiger partial charge on any atom is 0.261 e. The first-order chi connectivity index (χ1) is 22.7. The summed E-state index contributed by atoms with van der Waals surface area (Å²) in [5.41, 5.74) is 0.259. The second-order valence-corrected chi connectivity index (χ2v) is 15.9. The molecule has 0 saturated carbocycles. The lowest BCUT2D eigenvalue weighted by molar-refractivity contribution is -0.00834. The van der Waals surface area contributed by atoms with Gasteiger partial charge in [-0.15, -0.1) is 0 Å². The van der Waals surface area contributed by atoms with Crippen LogP contribution in [0.4, 0.5) is 10.1 Å². The number of carbonyl (C=O) groups excluding carboxylic acids is 1. The number of amides is 1. The number of carbonyl (C=O) groups is 1. The highest BCUT2D eigenvalue weighted by molar-refractivity contribution is 7.92. The fraction of sp³-hybridized carbons (Fsp3) is 0.441. The van der Waals surface area contributed by atoms with Crippen molar-refractivity contribution in [2.45, 2.75) is 68.1 Å². The lowest BCUT2D eigenvalue weighted by Crippen LogP contribution is -2.48. The summed E-state index contributed by atoms with van der Waals surface area (Å²) in [7, 11) is -6.51. The second-order valence-electron chi connectivity index (χ2n) is 12.2. The van der Waals surface area contributed by atoms with Crippen molar-refractivity contribution in [3.8, 4) is 5.75 Å². The van der Waals surface area contributed by atoms with E-state index < -0.39 is 49.8 Å². The largest absolute Gasteiger partial charge is 0.490 e. The fourth-order valence-electron chi connectivity index (χ4n) is 5.40. The number of anilines is 1. The van der Waals surface area contributed by atoms with Crippen LogP contribution in [-0.4, -0.2) is 88.7 Å². The molecule has 1 aliphatic rings. The Morgan fingerprint density at radius 2 is 1.69 bits per heavy atom. The van der Waals surface area contributed by atoms with Gasteiger partial charge in [0, 0.05) is 38.3 Å². The highest BCUT2D eigenvalue weighted by Gasteiger charge is 2.32. The van der Waals surface area contributed by atoms with Crippen LogP contribution in [0.1, 0.15) is 50.4 Å². The van der Waals surface area contributed by atoms with E-state index in [1.165, 1.54) is 48.3 Å². The SMILES string of the molecule is C[C@@H]1CCCCO[C@H](CN(C)S(=O)(=O)c2ccc(F)cc2)[C@H](C)CN([C@@H](C)CO)C(=O)c2cc(NS(=O)(=O)c3ccccc3)ccc2O1. The molecule has 0 saturated heterocycles. The molecule has 3 aromatic carbocycles. The van der Waals surface area contributed by atoms with Gasteiger partial charge in [-0.05, 0) is 87.7 Å². The van der Waals surface area contributed by atoms with Crippen LogP contribution < -0.4 is 9.46 Å². The first-order valence-corrected chi connectivity index (χ1v) is 18.8. The molecule has 0 radical (unpaired) electrons. The molecule has 1 amide bonds. The Bertz CT molecular complexity index is 1740. The summed E-state index contributed by atoms with van der Waals surface area (Å²) in [6, 6.07) is 16.3. The van der Waals surface area contributed by atoms with Crippen LogP contribution in [0.25, 0.3) is 0 Å². The molecule has 1 aliphatic heterocycles. The van der Waals surface area contributed by atoms with Gasteiger partial charge in [0.1, 0.15) is 11.6 Å². The molecule has 0 unspecified atom stereocenters. The molecule has 4 atom stereocenters.